The number of ether oxygens (including phenoxy) is 2. The van der Waals surface area contributed by atoms with Crippen molar-refractivity contribution in [2.75, 3.05) is 27.8 Å². The van der Waals surface area contributed by atoms with Crippen LogP contribution in [0.3, 0.4) is 0 Å². The maximum absolute atomic E-state index is 12.8. The fraction of sp³-hybridized carbons (Fsp3) is 0.250. The summed E-state index contributed by atoms with van der Waals surface area (Å²) in [5, 5.41) is 0. The van der Waals surface area contributed by atoms with E-state index in [2.05, 4.69) is 10.6 Å². The van der Waals surface area contributed by atoms with Gasteiger partial charge < -0.3 is 14.4 Å². The van der Waals surface area contributed by atoms with Gasteiger partial charge in [-0.15, -0.1) is 6.42 Å². The normalized spacial score (nSPS) is 10.8. The number of sulfonamides is 1. The molecular weight excluding hydrogens is 380 g/mol. The Morgan fingerprint density at radius 1 is 1.18 bits per heavy atom. The lowest BCUT2D eigenvalue weighted by Crippen LogP contribution is -2.27. The summed E-state index contributed by atoms with van der Waals surface area (Å²) in [5.74, 6) is 2.98. The van der Waals surface area contributed by atoms with Crippen molar-refractivity contribution >= 4 is 15.9 Å². The van der Waals surface area contributed by atoms with Gasteiger partial charge in [0, 0.05) is 24.7 Å². The molecule has 0 bridgehead atoms. The molecule has 0 spiro atoms. The standard InChI is InChI=1S/C20H22N2O5S/c1-5-12-21-28(24,25)17-10-6-8-15(13-17)20(23)22(2)14-16-9-7-11-18(26-3)19(16)27-4/h1,6-11,13,21H,12,14H2,2-4H3. The van der Waals surface area contributed by atoms with Gasteiger partial charge in [0.1, 0.15) is 0 Å². The van der Waals surface area contributed by atoms with Gasteiger partial charge in [-0.2, -0.15) is 4.72 Å². The summed E-state index contributed by atoms with van der Waals surface area (Å²) < 4.78 is 37.4. The van der Waals surface area contributed by atoms with Crippen LogP contribution in [0.25, 0.3) is 0 Å². The Labute approximate surface area is 165 Å². The maximum atomic E-state index is 12.8. The number of methoxy groups -OCH3 is 2. The number of nitrogens with zero attached hydrogens (tertiary/aromatic N) is 1. The minimum atomic E-state index is -3.78. The zero-order valence-electron chi connectivity index (χ0n) is 15.9. The number of rotatable bonds is 8. The van der Waals surface area contributed by atoms with Crippen LogP contribution in [0.2, 0.25) is 0 Å². The monoisotopic (exact) mass is 402 g/mol. The molecule has 148 valence electrons. The molecule has 0 aliphatic heterocycles. The predicted molar refractivity (Wildman–Crippen MR) is 106 cm³/mol. The molecule has 0 aromatic heterocycles. The number of carbonyl (C=O) groups excluding carboxylic acids is 1. The first kappa shape index (κ1) is 21.3. The average molecular weight is 402 g/mol. The second-order valence-corrected chi connectivity index (χ2v) is 7.64. The van der Waals surface area contributed by atoms with Gasteiger partial charge in [0.25, 0.3) is 5.91 Å². The molecule has 0 fully saturated rings. The van der Waals surface area contributed by atoms with Gasteiger partial charge in [-0.3, -0.25) is 4.79 Å². The van der Waals surface area contributed by atoms with Crippen molar-refractivity contribution in [3.05, 3.63) is 53.6 Å². The molecule has 8 heteroatoms. The van der Waals surface area contributed by atoms with Crippen molar-refractivity contribution in [3.8, 4) is 23.8 Å². The lowest BCUT2D eigenvalue weighted by atomic mass is 10.1. The Bertz CT molecular complexity index is 996. The Morgan fingerprint density at radius 3 is 2.54 bits per heavy atom. The van der Waals surface area contributed by atoms with E-state index in [0.29, 0.717) is 11.5 Å². The molecule has 7 nitrogen and oxygen atoms in total. The number of amides is 1. The number of para-hydroxylation sites is 1. The van der Waals surface area contributed by atoms with Gasteiger partial charge in [-0.25, -0.2) is 8.42 Å². The van der Waals surface area contributed by atoms with Crippen molar-refractivity contribution in [2.24, 2.45) is 0 Å². The lowest BCUT2D eigenvalue weighted by molar-refractivity contribution is 0.0783. The quantitative estimate of drug-likeness (QED) is 0.682. The largest absolute Gasteiger partial charge is 0.493 e. The van der Waals surface area contributed by atoms with Crippen molar-refractivity contribution < 1.29 is 22.7 Å². The third-order valence-corrected chi connectivity index (χ3v) is 5.39. The molecule has 2 aromatic carbocycles. The van der Waals surface area contributed by atoms with E-state index in [4.69, 9.17) is 15.9 Å². The van der Waals surface area contributed by atoms with Gasteiger partial charge in [0.05, 0.1) is 25.7 Å². The fourth-order valence-corrected chi connectivity index (χ4v) is 3.62. The van der Waals surface area contributed by atoms with Crippen LogP contribution in [-0.4, -0.2) is 47.0 Å². The molecule has 0 aliphatic carbocycles. The lowest BCUT2D eigenvalue weighted by Gasteiger charge is -2.20. The molecule has 28 heavy (non-hydrogen) atoms. The van der Waals surface area contributed by atoms with Crippen LogP contribution in [-0.2, 0) is 16.6 Å². The van der Waals surface area contributed by atoms with Gasteiger partial charge in [0.2, 0.25) is 10.0 Å². The van der Waals surface area contributed by atoms with Gasteiger partial charge in [-0.1, -0.05) is 24.1 Å². The summed E-state index contributed by atoms with van der Waals surface area (Å²) in [4.78, 5) is 14.2. The van der Waals surface area contributed by atoms with Crippen LogP contribution in [0, 0.1) is 12.3 Å². The van der Waals surface area contributed by atoms with Crippen molar-refractivity contribution in [3.63, 3.8) is 0 Å². The van der Waals surface area contributed by atoms with E-state index in [1.807, 2.05) is 6.07 Å². The van der Waals surface area contributed by atoms with E-state index in [0.717, 1.165) is 5.56 Å². The molecule has 0 radical (unpaired) electrons. The number of terminal acetylenes is 1. The first-order valence-corrected chi connectivity index (χ1v) is 9.81. The molecule has 0 atom stereocenters. The summed E-state index contributed by atoms with van der Waals surface area (Å²) in [5.41, 5.74) is 1.00. The van der Waals surface area contributed by atoms with E-state index >= 15 is 0 Å². The minimum Gasteiger partial charge on any atom is -0.493 e. The van der Waals surface area contributed by atoms with Gasteiger partial charge >= 0.3 is 0 Å². The zero-order valence-corrected chi connectivity index (χ0v) is 16.7. The highest BCUT2D eigenvalue weighted by Crippen LogP contribution is 2.31. The summed E-state index contributed by atoms with van der Waals surface area (Å²) >= 11 is 0. The molecule has 0 saturated heterocycles. The summed E-state index contributed by atoms with van der Waals surface area (Å²) in [6.45, 7) is 0.127. The summed E-state index contributed by atoms with van der Waals surface area (Å²) in [6.07, 6.45) is 5.09. The molecule has 2 aromatic rings. The number of nitrogens with one attached hydrogen (secondary N) is 1. The predicted octanol–water partition coefficient (Wildman–Crippen LogP) is 1.89. The van der Waals surface area contributed by atoms with E-state index < -0.39 is 10.0 Å². The van der Waals surface area contributed by atoms with Crippen LogP contribution in [0.15, 0.2) is 47.4 Å². The molecule has 0 saturated carbocycles. The van der Waals surface area contributed by atoms with Crippen molar-refractivity contribution in [2.45, 2.75) is 11.4 Å². The number of carbonyl (C=O) groups is 1. The number of hydrogen-bond acceptors (Lipinski definition) is 5. The summed E-state index contributed by atoms with van der Waals surface area (Å²) in [7, 11) is 0.908. The first-order valence-electron chi connectivity index (χ1n) is 8.32. The second kappa shape index (κ2) is 9.26. The molecule has 1 amide bonds. The zero-order chi connectivity index (χ0) is 20.7. The van der Waals surface area contributed by atoms with Crippen LogP contribution in [0.5, 0.6) is 11.5 Å². The summed E-state index contributed by atoms with van der Waals surface area (Å²) in [6, 6.07) is 11.2. The highest BCUT2D eigenvalue weighted by molar-refractivity contribution is 7.89. The highest BCUT2D eigenvalue weighted by Gasteiger charge is 2.19. The van der Waals surface area contributed by atoms with Crippen molar-refractivity contribution in [1.82, 2.24) is 9.62 Å². The third kappa shape index (κ3) is 4.82. The van der Waals surface area contributed by atoms with Crippen LogP contribution in [0.1, 0.15) is 15.9 Å². The topological polar surface area (TPSA) is 84.9 Å². The average Bonchev–Trinajstić information content (AvgIpc) is 2.71. The smallest absolute Gasteiger partial charge is 0.253 e. The van der Waals surface area contributed by atoms with E-state index in [9.17, 15) is 13.2 Å². The first-order chi connectivity index (χ1) is 13.3. The number of hydrogen-bond donors (Lipinski definition) is 1. The van der Waals surface area contributed by atoms with Crippen LogP contribution < -0.4 is 14.2 Å². The minimum absolute atomic E-state index is 0.0269. The molecule has 0 heterocycles. The Hall–Kier alpha value is -3.02. The Balaban J connectivity index is 2.25. The van der Waals surface area contributed by atoms with Crippen LogP contribution >= 0.6 is 0 Å². The second-order valence-electron chi connectivity index (χ2n) is 5.87. The molecule has 0 aliphatic rings. The SMILES string of the molecule is C#CCNS(=O)(=O)c1cccc(C(=O)N(C)Cc2cccc(OC)c2OC)c1. The van der Waals surface area contributed by atoms with Crippen LogP contribution in [0.4, 0.5) is 0 Å². The van der Waals surface area contributed by atoms with Gasteiger partial charge in [-0.05, 0) is 24.3 Å². The molecule has 2 rings (SSSR count). The Morgan fingerprint density at radius 2 is 1.89 bits per heavy atom. The highest BCUT2D eigenvalue weighted by atomic mass is 32.2. The molecular formula is C20H22N2O5S. The maximum Gasteiger partial charge on any atom is 0.253 e. The fourth-order valence-electron chi connectivity index (χ4n) is 2.64. The van der Waals surface area contributed by atoms with E-state index in [1.54, 1.807) is 25.2 Å². The molecule has 1 N–H and O–H groups in total. The van der Waals surface area contributed by atoms with Crippen molar-refractivity contribution in [1.29, 1.82) is 0 Å². The third-order valence-electron chi connectivity index (χ3n) is 3.99. The Kier molecular flexibility index (Phi) is 7.04. The van der Waals surface area contributed by atoms with Gasteiger partial charge in [0.15, 0.2) is 11.5 Å². The molecule has 0 unspecified atom stereocenters. The number of benzene rings is 2. The van der Waals surface area contributed by atoms with E-state index in [-0.39, 0.29) is 29.5 Å². The van der Waals surface area contributed by atoms with E-state index in [1.165, 1.54) is 37.3 Å².